The van der Waals surface area contributed by atoms with Gasteiger partial charge in [-0.05, 0) is 25.1 Å². The average molecular weight is 469 g/mol. The Bertz CT molecular complexity index is 1030. The van der Waals surface area contributed by atoms with Crippen LogP contribution >= 0.6 is 0 Å². The van der Waals surface area contributed by atoms with Crippen molar-refractivity contribution in [3.63, 3.8) is 0 Å². The smallest absolute Gasteiger partial charge is 0.317 e. The molecule has 0 saturated heterocycles. The van der Waals surface area contributed by atoms with E-state index in [0.717, 1.165) is 16.8 Å². The number of urea groups is 1. The van der Waals surface area contributed by atoms with Gasteiger partial charge in [0.05, 0.1) is 32.6 Å². The summed E-state index contributed by atoms with van der Waals surface area (Å²) in [7, 11) is 4.77. The van der Waals surface area contributed by atoms with Gasteiger partial charge in [0.25, 0.3) is 5.91 Å². The number of para-hydroxylation sites is 1. The minimum atomic E-state index is -0.372. The Balaban J connectivity index is 1.94. The molecule has 0 unspecified atom stereocenters. The summed E-state index contributed by atoms with van der Waals surface area (Å²) in [6.45, 7) is 2.77. The fourth-order valence-corrected chi connectivity index (χ4v) is 3.85. The van der Waals surface area contributed by atoms with Crippen LogP contribution in [0.4, 0.5) is 4.79 Å². The van der Waals surface area contributed by atoms with Gasteiger partial charge >= 0.3 is 6.03 Å². The molecule has 1 aliphatic heterocycles. The zero-order chi connectivity index (χ0) is 24.5. The van der Waals surface area contributed by atoms with Crippen LogP contribution < -0.4 is 14.8 Å². The van der Waals surface area contributed by atoms with Crippen LogP contribution in [0.3, 0.4) is 0 Å². The molecule has 9 nitrogen and oxygen atoms in total. The first-order valence-electron chi connectivity index (χ1n) is 11.2. The molecule has 1 aliphatic rings. The second kappa shape index (κ2) is 12.0. The molecule has 0 aliphatic carbocycles. The predicted molar refractivity (Wildman–Crippen MR) is 129 cm³/mol. The van der Waals surface area contributed by atoms with E-state index in [1.54, 1.807) is 21.3 Å². The minimum Gasteiger partial charge on any atom is -0.497 e. The van der Waals surface area contributed by atoms with Gasteiger partial charge in [-0.25, -0.2) is 9.80 Å². The molecule has 34 heavy (non-hydrogen) atoms. The molecule has 3 amide bonds. The van der Waals surface area contributed by atoms with E-state index < -0.39 is 0 Å². The summed E-state index contributed by atoms with van der Waals surface area (Å²) in [5, 5.41) is 8.92. The van der Waals surface area contributed by atoms with Crippen molar-refractivity contribution in [1.82, 2.24) is 15.2 Å². The van der Waals surface area contributed by atoms with E-state index >= 15 is 0 Å². The summed E-state index contributed by atoms with van der Waals surface area (Å²) in [6, 6.07) is 14.5. The zero-order valence-electron chi connectivity index (χ0n) is 20.1. The number of hydrogen-bond donors (Lipinski definition) is 1. The number of ether oxygens (including phenoxy) is 3. The van der Waals surface area contributed by atoms with Gasteiger partial charge in [0.15, 0.2) is 0 Å². The molecule has 0 radical (unpaired) electrons. The quantitative estimate of drug-likeness (QED) is 0.579. The number of nitrogens with one attached hydrogen (secondary N) is 1. The predicted octanol–water partition coefficient (Wildman–Crippen LogP) is 3.06. The van der Waals surface area contributed by atoms with Gasteiger partial charge in [-0.3, -0.25) is 4.79 Å². The van der Waals surface area contributed by atoms with E-state index in [1.165, 1.54) is 9.91 Å². The van der Waals surface area contributed by atoms with Gasteiger partial charge in [0, 0.05) is 37.7 Å². The van der Waals surface area contributed by atoms with Gasteiger partial charge < -0.3 is 24.4 Å². The summed E-state index contributed by atoms with van der Waals surface area (Å²) in [6.07, 6.45) is 0.499. The van der Waals surface area contributed by atoms with Crippen molar-refractivity contribution < 1.29 is 23.8 Å². The lowest BCUT2D eigenvalue weighted by Crippen LogP contribution is -2.47. The highest BCUT2D eigenvalue weighted by Crippen LogP contribution is 2.37. The molecule has 2 aromatic rings. The summed E-state index contributed by atoms with van der Waals surface area (Å²) < 4.78 is 16.0. The Morgan fingerprint density at radius 3 is 2.62 bits per heavy atom. The second-order valence-corrected chi connectivity index (χ2v) is 7.73. The number of carbonyl (C=O) groups is 2. The van der Waals surface area contributed by atoms with Crippen LogP contribution in [-0.4, -0.2) is 75.1 Å². The maximum absolute atomic E-state index is 13.5. The van der Waals surface area contributed by atoms with Crippen LogP contribution in [0.1, 0.15) is 30.5 Å². The number of nitrogens with zero attached hydrogens (tertiary/aromatic N) is 3. The van der Waals surface area contributed by atoms with Crippen molar-refractivity contribution in [3.05, 3.63) is 59.7 Å². The SMILES string of the molecule is CCNC(=O)N(CCOC)CC(=O)N1N=C(c2cccc(OC)c2)C[C@@H]1c1ccccc1OC. The normalized spacial score (nSPS) is 15.0. The summed E-state index contributed by atoms with van der Waals surface area (Å²) in [4.78, 5) is 27.5. The first-order chi connectivity index (χ1) is 16.5. The van der Waals surface area contributed by atoms with Crippen molar-refractivity contribution >= 4 is 17.6 Å². The fraction of sp³-hybridized carbons (Fsp3) is 0.400. The molecule has 9 heteroatoms. The highest BCUT2D eigenvalue weighted by Gasteiger charge is 2.35. The Kier molecular flexibility index (Phi) is 8.86. The van der Waals surface area contributed by atoms with E-state index in [1.807, 2.05) is 55.5 Å². The van der Waals surface area contributed by atoms with Gasteiger partial charge in [0.2, 0.25) is 0 Å². The standard InChI is InChI=1S/C25H32N4O5/c1-5-26-25(31)28(13-14-32-2)17-24(30)29-22(20-11-6-7-12-23(20)34-4)16-21(27-29)18-9-8-10-19(15-18)33-3/h6-12,15,22H,5,13-14,16-17H2,1-4H3,(H,26,31)/t22-/m1/s1. The van der Waals surface area contributed by atoms with Crippen molar-refractivity contribution in [2.45, 2.75) is 19.4 Å². The van der Waals surface area contributed by atoms with Gasteiger partial charge in [-0.2, -0.15) is 5.10 Å². The number of rotatable bonds is 10. The van der Waals surface area contributed by atoms with Crippen molar-refractivity contribution in [1.29, 1.82) is 0 Å². The topological polar surface area (TPSA) is 92.7 Å². The number of methoxy groups -OCH3 is 3. The molecule has 1 atom stereocenters. The Labute approximate surface area is 200 Å². The van der Waals surface area contributed by atoms with Crippen LogP contribution in [-0.2, 0) is 9.53 Å². The molecule has 0 aromatic heterocycles. The van der Waals surface area contributed by atoms with Crippen LogP contribution in [0.2, 0.25) is 0 Å². The average Bonchev–Trinajstić information content (AvgIpc) is 3.32. The molecule has 0 saturated carbocycles. The maximum atomic E-state index is 13.5. The first kappa shape index (κ1) is 25.0. The summed E-state index contributed by atoms with van der Waals surface area (Å²) >= 11 is 0. The number of hydrazone groups is 1. The van der Waals surface area contributed by atoms with Crippen molar-refractivity contribution in [2.24, 2.45) is 5.10 Å². The Morgan fingerprint density at radius 2 is 1.91 bits per heavy atom. The largest absolute Gasteiger partial charge is 0.497 e. The van der Waals surface area contributed by atoms with Crippen molar-refractivity contribution in [2.75, 3.05) is 47.6 Å². The Morgan fingerprint density at radius 1 is 1.12 bits per heavy atom. The Hall–Kier alpha value is -3.59. The molecule has 0 bridgehead atoms. The van der Waals surface area contributed by atoms with E-state index in [4.69, 9.17) is 19.3 Å². The number of amides is 3. The third-order valence-corrected chi connectivity index (χ3v) is 5.57. The molecule has 1 N–H and O–H groups in total. The third kappa shape index (κ3) is 5.85. The third-order valence-electron chi connectivity index (χ3n) is 5.57. The monoisotopic (exact) mass is 468 g/mol. The molecular formula is C25H32N4O5. The number of hydrogen-bond acceptors (Lipinski definition) is 6. The van der Waals surface area contributed by atoms with Gasteiger partial charge in [0.1, 0.15) is 18.0 Å². The summed E-state index contributed by atoms with van der Waals surface area (Å²) in [5.74, 6) is 1.09. The van der Waals surface area contributed by atoms with Crippen LogP contribution in [0.15, 0.2) is 53.6 Å². The van der Waals surface area contributed by atoms with Crippen molar-refractivity contribution in [3.8, 4) is 11.5 Å². The minimum absolute atomic E-state index is 0.129. The molecule has 1 heterocycles. The van der Waals surface area contributed by atoms with E-state index in [-0.39, 0.29) is 31.1 Å². The lowest BCUT2D eigenvalue weighted by molar-refractivity contribution is -0.133. The lowest BCUT2D eigenvalue weighted by Gasteiger charge is -2.27. The van der Waals surface area contributed by atoms with E-state index in [9.17, 15) is 9.59 Å². The molecular weight excluding hydrogens is 436 g/mol. The van der Waals surface area contributed by atoms with E-state index in [2.05, 4.69) is 5.32 Å². The molecule has 3 rings (SSSR count). The molecule has 182 valence electrons. The summed E-state index contributed by atoms with van der Waals surface area (Å²) in [5.41, 5.74) is 2.47. The van der Waals surface area contributed by atoms with E-state index in [0.29, 0.717) is 31.1 Å². The highest BCUT2D eigenvalue weighted by molar-refractivity contribution is 6.03. The molecule has 0 spiro atoms. The van der Waals surface area contributed by atoms with Gasteiger partial charge in [-0.1, -0.05) is 30.3 Å². The highest BCUT2D eigenvalue weighted by atomic mass is 16.5. The van der Waals surface area contributed by atoms with Crippen LogP contribution in [0.5, 0.6) is 11.5 Å². The molecule has 0 fully saturated rings. The second-order valence-electron chi connectivity index (χ2n) is 7.73. The first-order valence-corrected chi connectivity index (χ1v) is 11.2. The number of carbonyl (C=O) groups excluding carboxylic acids is 2. The van der Waals surface area contributed by atoms with Gasteiger partial charge in [-0.15, -0.1) is 0 Å². The fourth-order valence-electron chi connectivity index (χ4n) is 3.85. The maximum Gasteiger partial charge on any atom is 0.317 e. The van der Waals surface area contributed by atoms with Crippen LogP contribution in [0, 0.1) is 0 Å². The van der Waals surface area contributed by atoms with Crippen LogP contribution in [0.25, 0.3) is 0 Å². The lowest BCUT2D eigenvalue weighted by atomic mass is 9.97. The number of benzene rings is 2. The zero-order valence-corrected chi connectivity index (χ0v) is 20.1. The molecule has 2 aromatic carbocycles.